The Labute approximate surface area is 243 Å². The molecular formula is C32H36FNO6S. The molecule has 41 heavy (non-hydrogen) atoms. The number of carbonyl (C=O) groups is 1. The Morgan fingerprint density at radius 3 is 2.63 bits per heavy atom. The zero-order valence-corrected chi connectivity index (χ0v) is 24.8. The molecule has 0 amide bonds. The molecule has 218 valence electrons. The molecule has 0 aliphatic carbocycles. The van der Waals surface area contributed by atoms with Crippen molar-refractivity contribution >= 4 is 28.3 Å². The van der Waals surface area contributed by atoms with Crippen molar-refractivity contribution in [2.45, 2.75) is 51.5 Å². The lowest BCUT2D eigenvalue weighted by atomic mass is 9.97. The zero-order valence-electron chi connectivity index (χ0n) is 24.0. The molecule has 1 aromatic heterocycles. The highest BCUT2D eigenvalue weighted by atomic mass is 32.2. The normalized spacial score (nSPS) is 13.1. The van der Waals surface area contributed by atoms with E-state index in [1.165, 1.54) is 0 Å². The summed E-state index contributed by atoms with van der Waals surface area (Å²) in [5, 5.41) is 0.887. The third-order valence-corrected chi connectivity index (χ3v) is 8.09. The lowest BCUT2D eigenvalue weighted by molar-refractivity contribution is -0.142. The van der Waals surface area contributed by atoms with E-state index in [-0.39, 0.29) is 19.0 Å². The first kappa shape index (κ1) is 30.4. The number of hydrogen-bond donors (Lipinski definition) is 1. The zero-order chi connectivity index (χ0) is 29.6. The van der Waals surface area contributed by atoms with E-state index in [1.54, 1.807) is 38.5 Å². The SMILES string of the molecule is CCOC(=O)Cc1ccc(OC)cc1OCc1cc(-c2cccc(C(CF)N[S@+]([O-])C(C)(C)C)c2)c2occc2c1. The van der Waals surface area contributed by atoms with Crippen LogP contribution in [-0.2, 0) is 33.9 Å². The van der Waals surface area contributed by atoms with Crippen molar-refractivity contribution < 1.29 is 32.4 Å². The Balaban J connectivity index is 1.63. The average Bonchev–Trinajstić information content (AvgIpc) is 3.43. The van der Waals surface area contributed by atoms with E-state index in [2.05, 4.69) is 4.72 Å². The first-order chi connectivity index (χ1) is 19.6. The minimum atomic E-state index is -1.43. The number of methoxy groups -OCH3 is 1. The van der Waals surface area contributed by atoms with Crippen LogP contribution < -0.4 is 14.2 Å². The van der Waals surface area contributed by atoms with E-state index in [4.69, 9.17) is 18.6 Å². The Bertz CT molecular complexity index is 1480. The van der Waals surface area contributed by atoms with Crippen molar-refractivity contribution in [2.75, 3.05) is 20.4 Å². The summed E-state index contributed by atoms with van der Waals surface area (Å²) in [6, 6.07) is 17.9. The number of fused-ring (bicyclic) bond motifs is 1. The van der Waals surface area contributed by atoms with Gasteiger partial charge in [-0.05, 0) is 74.7 Å². The standard InChI is InChI=1S/C32H36FNO6S/c1-6-38-30(35)17-24-10-11-26(37-5)18-29(24)40-20-21-14-25-12-13-39-31(25)27(15-21)22-8-7-9-23(16-22)28(19-33)34-41(36)32(2,3)4/h7-16,18,28,34H,6,17,19-20H2,1-5H3/t28?,41-/m1/s1. The van der Waals surface area contributed by atoms with Crippen molar-refractivity contribution in [2.24, 2.45) is 0 Å². The number of alkyl halides is 1. The van der Waals surface area contributed by atoms with Crippen molar-refractivity contribution in [3.05, 3.63) is 83.6 Å². The van der Waals surface area contributed by atoms with Gasteiger partial charge < -0.3 is 23.2 Å². The Morgan fingerprint density at radius 1 is 1.12 bits per heavy atom. The summed E-state index contributed by atoms with van der Waals surface area (Å²) in [4.78, 5) is 12.2. The van der Waals surface area contributed by atoms with E-state index in [0.29, 0.717) is 34.8 Å². The van der Waals surface area contributed by atoms with Gasteiger partial charge in [-0.25, -0.2) is 4.39 Å². The van der Waals surface area contributed by atoms with Crippen molar-refractivity contribution in [3.8, 4) is 22.6 Å². The fraction of sp³-hybridized carbons (Fsp3) is 0.344. The van der Waals surface area contributed by atoms with Crippen LogP contribution in [0.1, 0.15) is 50.4 Å². The molecule has 7 nitrogen and oxygen atoms in total. The molecule has 3 aromatic carbocycles. The molecule has 2 atom stereocenters. The number of nitrogens with one attached hydrogen (secondary N) is 1. The van der Waals surface area contributed by atoms with Crippen LogP contribution in [-0.4, -0.2) is 35.7 Å². The van der Waals surface area contributed by atoms with Gasteiger partial charge >= 0.3 is 5.97 Å². The van der Waals surface area contributed by atoms with Gasteiger partial charge in [-0.15, -0.1) is 4.72 Å². The molecule has 0 radical (unpaired) electrons. The van der Waals surface area contributed by atoms with Crippen molar-refractivity contribution in [1.29, 1.82) is 0 Å². The van der Waals surface area contributed by atoms with Crippen LogP contribution >= 0.6 is 0 Å². The van der Waals surface area contributed by atoms with Gasteiger partial charge in [0.05, 0.1) is 26.4 Å². The minimum Gasteiger partial charge on any atom is -0.598 e. The van der Waals surface area contributed by atoms with E-state index >= 15 is 0 Å². The highest BCUT2D eigenvalue weighted by Gasteiger charge is 2.30. The number of benzene rings is 3. The largest absolute Gasteiger partial charge is 0.598 e. The second-order valence-electron chi connectivity index (χ2n) is 10.6. The Hall–Kier alpha value is -3.53. The van der Waals surface area contributed by atoms with Gasteiger partial charge in [0.25, 0.3) is 0 Å². The van der Waals surface area contributed by atoms with Crippen LogP contribution in [0.4, 0.5) is 4.39 Å². The summed E-state index contributed by atoms with van der Waals surface area (Å²) in [6.45, 7) is 7.11. The molecular weight excluding hydrogens is 545 g/mol. The first-order valence-electron chi connectivity index (χ1n) is 13.4. The third kappa shape index (κ3) is 7.61. The van der Waals surface area contributed by atoms with Gasteiger partial charge in [0.1, 0.15) is 41.2 Å². The van der Waals surface area contributed by atoms with E-state index in [0.717, 1.165) is 22.1 Å². The number of rotatable bonds is 12. The predicted molar refractivity (Wildman–Crippen MR) is 159 cm³/mol. The smallest absolute Gasteiger partial charge is 0.310 e. The summed E-state index contributed by atoms with van der Waals surface area (Å²) in [5.41, 5.74) is 4.59. The average molecular weight is 582 g/mol. The summed E-state index contributed by atoms with van der Waals surface area (Å²) in [6.07, 6.45) is 1.70. The fourth-order valence-electron chi connectivity index (χ4n) is 4.33. The molecule has 1 heterocycles. The molecule has 1 unspecified atom stereocenters. The van der Waals surface area contributed by atoms with Gasteiger partial charge in [-0.2, -0.15) is 0 Å². The van der Waals surface area contributed by atoms with Crippen LogP contribution in [0.25, 0.3) is 22.1 Å². The fourth-order valence-corrected chi connectivity index (χ4v) is 5.14. The van der Waals surface area contributed by atoms with Crippen LogP contribution in [0.5, 0.6) is 11.5 Å². The Kier molecular flexibility index (Phi) is 9.96. The predicted octanol–water partition coefficient (Wildman–Crippen LogP) is 6.86. The minimum absolute atomic E-state index is 0.0791. The van der Waals surface area contributed by atoms with E-state index < -0.39 is 28.8 Å². The third-order valence-electron chi connectivity index (χ3n) is 6.48. The van der Waals surface area contributed by atoms with Crippen LogP contribution in [0.3, 0.4) is 0 Å². The molecule has 4 aromatic rings. The lowest BCUT2D eigenvalue weighted by Gasteiger charge is -2.27. The van der Waals surface area contributed by atoms with Gasteiger partial charge in [0.2, 0.25) is 0 Å². The summed E-state index contributed by atoms with van der Waals surface area (Å²) in [7, 11) is 1.57. The topological polar surface area (TPSA) is 93.0 Å². The second kappa shape index (κ2) is 13.4. The van der Waals surface area contributed by atoms with Gasteiger partial charge in [0, 0.05) is 33.9 Å². The number of esters is 1. The van der Waals surface area contributed by atoms with Crippen LogP contribution in [0.15, 0.2) is 71.3 Å². The molecule has 0 spiro atoms. The molecule has 1 N–H and O–H groups in total. The molecule has 0 aliphatic heterocycles. The molecule has 0 saturated carbocycles. The maximum absolute atomic E-state index is 14.1. The highest BCUT2D eigenvalue weighted by Crippen LogP contribution is 2.34. The molecule has 0 fully saturated rings. The Morgan fingerprint density at radius 2 is 1.93 bits per heavy atom. The first-order valence-corrected chi connectivity index (χ1v) is 14.6. The molecule has 9 heteroatoms. The van der Waals surface area contributed by atoms with Gasteiger partial charge in [0.15, 0.2) is 0 Å². The molecule has 4 rings (SSSR count). The van der Waals surface area contributed by atoms with Crippen LogP contribution in [0, 0.1) is 0 Å². The molecule has 0 bridgehead atoms. The van der Waals surface area contributed by atoms with Gasteiger partial charge in [-0.3, -0.25) is 4.79 Å². The summed E-state index contributed by atoms with van der Waals surface area (Å²) < 4.78 is 51.7. The highest BCUT2D eigenvalue weighted by molar-refractivity contribution is 7.90. The van der Waals surface area contributed by atoms with E-state index in [9.17, 15) is 13.7 Å². The lowest BCUT2D eigenvalue weighted by Crippen LogP contribution is -2.41. The number of furan rings is 1. The van der Waals surface area contributed by atoms with E-state index in [1.807, 2.05) is 63.2 Å². The number of hydrogen-bond acceptors (Lipinski definition) is 7. The van der Waals surface area contributed by atoms with Crippen molar-refractivity contribution in [1.82, 2.24) is 4.72 Å². The van der Waals surface area contributed by atoms with Crippen LogP contribution in [0.2, 0.25) is 0 Å². The quantitative estimate of drug-likeness (QED) is 0.144. The van der Waals surface area contributed by atoms with Crippen molar-refractivity contribution in [3.63, 3.8) is 0 Å². The number of halogens is 1. The molecule has 0 aliphatic rings. The number of ether oxygens (including phenoxy) is 3. The maximum Gasteiger partial charge on any atom is 0.310 e. The summed E-state index contributed by atoms with van der Waals surface area (Å²) >= 11 is -1.43. The molecule has 0 saturated heterocycles. The van der Waals surface area contributed by atoms with Gasteiger partial charge in [-0.1, -0.05) is 24.3 Å². The monoisotopic (exact) mass is 581 g/mol. The number of carbonyl (C=O) groups excluding carboxylic acids is 1. The summed E-state index contributed by atoms with van der Waals surface area (Å²) in [5.74, 6) is 0.799. The maximum atomic E-state index is 14.1. The second-order valence-corrected chi connectivity index (χ2v) is 12.6.